The summed E-state index contributed by atoms with van der Waals surface area (Å²) < 4.78 is 13.1. The van der Waals surface area contributed by atoms with Crippen molar-refractivity contribution in [2.24, 2.45) is 5.92 Å². The summed E-state index contributed by atoms with van der Waals surface area (Å²) in [5.41, 5.74) is 4.77. The van der Waals surface area contributed by atoms with Crippen molar-refractivity contribution in [2.45, 2.75) is 33.1 Å². The second-order valence-corrected chi connectivity index (χ2v) is 8.49. The van der Waals surface area contributed by atoms with Crippen LogP contribution in [0.15, 0.2) is 49.0 Å². The fourth-order valence-corrected chi connectivity index (χ4v) is 4.50. The second-order valence-electron chi connectivity index (χ2n) is 8.49. The van der Waals surface area contributed by atoms with Crippen molar-refractivity contribution >= 4 is 28.2 Å². The molecule has 1 saturated heterocycles. The molecule has 5 heteroatoms. The number of piperidine rings is 1. The van der Waals surface area contributed by atoms with E-state index in [1.807, 2.05) is 42.2 Å². The minimum absolute atomic E-state index is 0.0142. The molecule has 1 fully saturated rings. The minimum atomic E-state index is -0.214. The molecule has 1 aliphatic rings. The smallest absolute Gasteiger partial charge is 0.253 e. The van der Waals surface area contributed by atoms with E-state index < -0.39 is 0 Å². The number of nitrogens with zero attached hydrogens (tertiary/aromatic N) is 1. The average Bonchev–Trinajstić information content (AvgIpc) is 3.09. The van der Waals surface area contributed by atoms with E-state index in [4.69, 9.17) is 0 Å². The number of amides is 1. The van der Waals surface area contributed by atoms with E-state index in [9.17, 15) is 14.0 Å². The first kappa shape index (κ1) is 21.0. The van der Waals surface area contributed by atoms with Crippen molar-refractivity contribution in [1.82, 2.24) is 9.88 Å². The van der Waals surface area contributed by atoms with Crippen molar-refractivity contribution in [3.8, 4) is 0 Å². The van der Waals surface area contributed by atoms with Crippen molar-refractivity contribution in [2.75, 3.05) is 13.1 Å². The van der Waals surface area contributed by atoms with Crippen LogP contribution in [0, 0.1) is 18.7 Å². The molecule has 0 saturated carbocycles. The normalized spacial score (nSPS) is 14.7. The molecule has 0 unspecified atom stereocenters. The van der Waals surface area contributed by atoms with Gasteiger partial charge in [-0.3, -0.25) is 9.59 Å². The molecule has 1 amide bonds. The van der Waals surface area contributed by atoms with Gasteiger partial charge in [0, 0.05) is 46.4 Å². The van der Waals surface area contributed by atoms with Crippen LogP contribution in [-0.2, 0) is 11.2 Å². The van der Waals surface area contributed by atoms with Gasteiger partial charge in [0.2, 0.25) is 0 Å². The van der Waals surface area contributed by atoms with Gasteiger partial charge >= 0.3 is 0 Å². The number of hydrogen-bond acceptors (Lipinski definition) is 2. The summed E-state index contributed by atoms with van der Waals surface area (Å²) in [6.45, 7) is 8.77. The molecule has 1 aliphatic heterocycles. The van der Waals surface area contributed by atoms with Crippen LogP contribution in [0.2, 0.25) is 0 Å². The molecule has 4 nitrogen and oxygen atoms in total. The maximum Gasteiger partial charge on any atom is 0.253 e. The Hall–Kier alpha value is -3.21. The summed E-state index contributed by atoms with van der Waals surface area (Å²) >= 11 is 0. The highest BCUT2D eigenvalue weighted by molar-refractivity contribution is 6.22. The van der Waals surface area contributed by atoms with Gasteiger partial charge in [-0.05, 0) is 74.9 Å². The molecular weight excluding hydrogens is 391 g/mol. The van der Waals surface area contributed by atoms with E-state index >= 15 is 0 Å². The highest BCUT2D eigenvalue weighted by Gasteiger charge is 2.25. The Morgan fingerprint density at radius 3 is 2.45 bits per heavy atom. The number of Topliss-reactive ketones (excluding diaryl/α,β-unsaturated/α-hetero) is 1. The molecule has 0 spiro atoms. The van der Waals surface area contributed by atoms with Crippen molar-refractivity contribution in [3.63, 3.8) is 0 Å². The molecule has 1 N–H and O–H groups in total. The van der Waals surface area contributed by atoms with Crippen LogP contribution in [0.1, 0.15) is 46.9 Å². The molecule has 31 heavy (non-hydrogen) atoms. The monoisotopic (exact) mass is 418 g/mol. The van der Waals surface area contributed by atoms with Gasteiger partial charge in [0.15, 0.2) is 5.78 Å². The van der Waals surface area contributed by atoms with E-state index in [2.05, 4.69) is 11.6 Å². The minimum Gasteiger partial charge on any atom is -0.358 e. The van der Waals surface area contributed by atoms with E-state index in [1.165, 1.54) is 19.1 Å². The standard InChI is InChI=1S/C26H27FN2O2/c1-16(18(3)30)25-17(2)28-24-9-6-21(15-23(24)25)26(31)29-12-10-20(11-13-29)14-19-4-7-22(27)8-5-19/h4-9,15,20,28H,1,10-14H2,2-3H3. The second kappa shape index (κ2) is 8.50. The number of allylic oxidation sites excluding steroid dienone is 1. The Labute approximate surface area is 181 Å². The fourth-order valence-electron chi connectivity index (χ4n) is 4.50. The van der Waals surface area contributed by atoms with Gasteiger partial charge in [-0.25, -0.2) is 4.39 Å². The van der Waals surface area contributed by atoms with Crippen LogP contribution in [0.4, 0.5) is 4.39 Å². The number of carbonyl (C=O) groups is 2. The summed E-state index contributed by atoms with van der Waals surface area (Å²) in [5.74, 6) is 0.216. The average molecular weight is 419 g/mol. The van der Waals surface area contributed by atoms with Crippen LogP contribution < -0.4 is 0 Å². The van der Waals surface area contributed by atoms with Gasteiger partial charge in [-0.15, -0.1) is 0 Å². The lowest BCUT2D eigenvalue weighted by molar-refractivity contribution is -0.111. The first-order chi connectivity index (χ1) is 14.8. The number of carbonyl (C=O) groups excluding carboxylic acids is 2. The maximum absolute atomic E-state index is 13.2. The van der Waals surface area contributed by atoms with Gasteiger partial charge in [-0.1, -0.05) is 18.7 Å². The van der Waals surface area contributed by atoms with Crippen LogP contribution >= 0.6 is 0 Å². The Morgan fingerprint density at radius 2 is 1.81 bits per heavy atom. The third-order valence-electron chi connectivity index (χ3n) is 6.30. The topological polar surface area (TPSA) is 53.2 Å². The molecule has 4 rings (SSSR count). The third kappa shape index (κ3) is 4.31. The number of rotatable bonds is 5. The summed E-state index contributed by atoms with van der Waals surface area (Å²) in [6.07, 6.45) is 2.77. The Balaban J connectivity index is 1.47. The van der Waals surface area contributed by atoms with E-state index in [-0.39, 0.29) is 17.5 Å². The van der Waals surface area contributed by atoms with E-state index in [0.717, 1.165) is 47.0 Å². The highest BCUT2D eigenvalue weighted by atomic mass is 19.1. The predicted molar refractivity (Wildman–Crippen MR) is 121 cm³/mol. The molecule has 0 atom stereocenters. The molecule has 3 aromatic rings. The van der Waals surface area contributed by atoms with Gasteiger partial charge in [0.1, 0.15) is 5.82 Å². The molecule has 160 valence electrons. The quantitative estimate of drug-likeness (QED) is 0.571. The van der Waals surface area contributed by atoms with Gasteiger partial charge in [0.25, 0.3) is 5.91 Å². The SMILES string of the molecule is C=C(C(C)=O)c1c(C)[nH]c2ccc(C(=O)N3CCC(Cc4ccc(F)cc4)CC3)cc12. The number of aromatic amines is 1. The lowest BCUT2D eigenvalue weighted by Gasteiger charge is -2.32. The number of likely N-dealkylation sites (tertiary alicyclic amines) is 1. The van der Waals surface area contributed by atoms with Gasteiger partial charge in [-0.2, -0.15) is 0 Å². The van der Waals surface area contributed by atoms with Crippen molar-refractivity contribution < 1.29 is 14.0 Å². The first-order valence-corrected chi connectivity index (χ1v) is 10.7. The van der Waals surface area contributed by atoms with Gasteiger partial charge in [0.05, 0.1) is 0 Å². The third-order valence-corrected chi connectivity index (χ3v) is 6.30. The number of nitrogens with one attached hydrogen (secondary N) is 1. The number of aromatic nitrogens is 1. The Bertz CT molecular complexity index is 1150. The first-order valence-electron chi connectivity index (χ1n) is 10.7. The number of fused-ring (bicyclic) bond motifs is 1. The zero-order valence-electron chi connectivity index (χ0n) is 18.0. The molecule has 0 aliphatic carbocycles. The Morgan fingerprint density at radius 1 is 1.13 bits per heavy atom. The zero-order valence-corrected chi connectivity index (χ0v) is 18.0. The lowest BCUT2D eigenvalue weighted by atomic mass is 9.90. The number of halogens is 1. The molecule has 2 aromatic carbocycles. The largest absolute Gasteiger partial charge is 0.358 e. The molecular formula is C26H27FN2O2. The van der Waals surface area contributed by atoms with Crippen molar-refractivity contribution in [3.05, 3.63) is 77.2 Å². The van der Waals surface area contributed by atoms with E-state index in [1.54, 1.807) is 0 Å². The fraction of sp³-hybridized carbons (Fsp3) is 0.308. The predicted octanol–water partition coefficient (Wildman–Crippen LogP) is 5.31. The number of ketones is 1. The Kier molecular flexibility index (Phi) is 5.77. The highest BCUT2D eigenvalue weighted by Crippen LogP contribution is 2.30. The van der Waals surface area contributed by atoms with Crippen LogP contribution in [-0.4, -0.2) is 34.7 Å². The maximum atomic E-state index is 13.2. The molecule has 0 bridgehead atoms. The van der Waals surface area contributed by atoms with Crippen molar-refractivity contribution in [1.29, 1.82) is 0 Å². The molecule has 1 aromatic heterocycles. The zero-order chi connectivity index (χ0) is 22.1. The summed E-state index contributed by atoms with van der Waals surface area (Å²) in [6, 6.07) is 12.3. The summed E-state index contributed by atoms with van der Waals surface area (Å²) in [4.78, 5) is 30.2. The number of H-pyrrole nitrogens is 1. The number of hydrogen-bond donors (Lipinski definition) is 1. The van der Waals surface area contributed by atoms with E-state index in [0.29, 0.717) is 30.1 Å². The van der Waals surface area contributed by atoms with Crippen LogP contribution in [0.3, 0.4) is 0 Å². The van der Waals surface area contributed by atoms with Crippen LogP contribution in [0.25, 0.3) is 16.5 Å². The summed E-state index contributed by atoms with van der Waals surface area (Å²) in [7, 11) is 0. The van der Waals surface area contributed by atoms with Crippen LogP contribution in [0.5, 0.6) is 0 Å². The van der Waals surface area contributed by atoms with Gasteiger partial charge < -0.3 is 9.88 Å². The summed E-state index contributed by atoms with van der Waals surface area (Å²) in [5, 5.41) is 0.856. The molecule has 0 radical (unpaired) electrons. The number of benzene rings is 2. The lowest BCUT2D eigenvalue weighted by Crippen LogP contribution is -2.38. The number of aryl methyl sites for hydroxylation is 1. The molecule has 2 heterocycles.